The van der Waals surface area contributed by atoms with E-state index in [0.29, 0.717) is 13.2 Å². The molecule has 0 unspecified atom stereocenters. The van der Waals surface area contributed by atoms with E-state index < -0.39 is 0 Å². The molecule has 0 atom stereocenters. The molecule has 0 spiro atoms. The Kier molecular flexibility index (Phi) is 2.91. The van der Waals surface area contributed by atoms with Crippen molar-refractivity contribution >= 4 is 17.1 Å². The zero-order valence-electron chi connectivity index (χ0n) is 10.8. The van der Waals surface area contributed by atoms with Gasteiger partial charge in [0.1, 0.15) is 13.2 Å². The van der Waals surface area contributed by atoms with E-state index in [1.54, 1.807) is 0 Å². The molecule has 1 aliphatic heterocycles. The van der Waals surface area contributed by atoms with Crippen LogP contribution in [-0.4, -0.2) is 13.2 Å². The van der Waals surface area contributed by atoms with Gasteiger partial charge in [0.15, 0.2) is 11.5 Å². The highest BCUT2D eigenvalue weighted by Gasteiger charge is 2.11. The fraction of sp³-hybridized carbons (Fsp3) is 0.200. The van der Waals surface area contributed by atoms with Gasteiger partial charge in [-0.2, -0.15) is 0 Å². The van der Waals surface area contributed by atoms with E-state index in [9.17, 15) is 0 Å². The van der Waals surface area contributed by atoms with Gasteiger partial charge in [0.2, 0.25) is 0 Å². The van der Waals surface area contributed by atoms with Crippen molar-refractivity contribution in [2.24, 2.45) is 0 Å². The Morgan fingerprint density at radius 3 is 2.58 bits per heavy atom. The number of rotatable bonds is 2. The highest BCUT2D eigenvalue weighted by molar-refractivity contribution is 5.68. The van der Waals surface area contributed by atoms with E-state index in [2.05, 4.69) is 5.32 Å². The van der Waals surface area contributed by atoms with Crippen molar-refractivity contribution in [3.8, 4) is 11.5 Å². The molecule has 98 valence electrons. The number of anilines is 3. The molecule has 3 rings (SSSR count). The number of hydrogen-bond acceptors (Lipinski definition) is 4. The van der Waals surface area contributed by atoms with Gasteiger partial charge < -0.3 is 20.5 Å². The first-order valence-corrected chi connectivity index (χ1v) is 6.25. The second kappa shape index (κ2) is 4.72. The SMILES string of the molecule is Cc1cc(N)ccc1Nc1ccc2c(c1)OCCO2. The fourth-order valence-corrected chi connectivity index (χ4v) is 2.10. The summed E-state index contributed by atoms with van der Waals surface area (Å²) in [5.74, 6) is 1.58. The topological polar surface area (TPSA) is 56.5 Å². The number of hydrogen-bond donors (Lipinski definition) is 2. The predicted molar refractivity (Wildman–Crippen MR) is 76.3 cm³/mol. The van der Waals surface area contributed by atoms with Crippen LogP contribution >= 0.6 is 0 Å². The summed E-state index contributed by atoms with van der Waals surface area (Å²) in [7, 11) is 0. The Morgan fingerprint density at radius 1 is 1.00 bits per heavy atom. The van der Waals surface area contributed by atoms with Gasteiger partial charge >= 0.3 is 0 Å². The van der Waals surface area contributed by atoms with E-state index >= 15 is 0 Å². The fourth-order valence-electron chi connectivity index (χ4n) is 2.10. The molecule has 0 aromatic heterocycles. The molecule has 1 aliphatic rings. The van der Waals surface area contributed by atoms with E-state index in [1.807, 2.05) is 43.3 Å². The van der Waals surface area contributed by atoms with Crippen LogP contribution in [0, 0.1) is 6.92 Å². The summed E-state index contributed by atoms with van der Waals surface area (Å²) >= 11 is 0. The summed E-state index contributed by atoms with van der Waals surface area (Å²) in [6, 6.07) is 11.6. The van der Waals surface area contributed by atoms with Gasteiger partial charge in [0.25, 0.3) is 0 Å². The van der Waals surface area contributed by atoms with Crippen LogP contribution in [0.4, 0.5) is 17.1 Å². The van der Waals surface area contributed by atoms with Crippen LogP contribution in [0.1, 0.15) is 5.56 Å². The lowest BCUT2D eigenvalue weighted by Gasteiger charge is -2.19. The second-order valence-electron chi connectivity index (χ2n) is 4.56. The van der Waals surface area contributed by atoms with Crippen molar-refractivity contribution in [1.82, 2.24) is 0 Å². The van der Waals surface area contributed by atoms with Crippen molar-refractivity contribution in [1.29, 1.82) is 0 Å². The minimum Gasteiger partial charge on any atom is -0.486 e. The second-order valence-corrected chi connectivity index (χ2v) is 4.56. The molecule has 0 radical (unpaired) electrons. The molecule has 0 amide bonds. The molecule has 4 heteroatoms. The van der Waals surface area contributed by atoms with Gasteiger partial charge in [-0.25, -0.2) is 0 Å². The van der Waals surface area contributed by atoms with Gasteiger partial charge in [-0.15, -0.1) is 0 Å². The minimum absolute atomic E-state index is 0.595. The molecule has 2 aromatic rings. The number of nitrogen functional groups attached to an aromatic ring is 1. The summed E-state index contributed by atoms with van der Waals surface area (Å²) in [4.78, 5) is 0. The largest absolute Gasteiger partial charge is 0.486 e. The zero-order valence-corrected chi connectivity index (χ0v) is 10.8. The average Bonchev–Trinajstić information content (AvgIpc) is 2.42. The third-order valence-corrected chi connectivity index (χ3v) is 3.07. The quantitative estimate of drug-likeness (QED) is 0.811. The van der Waals surface area contributed by atoms with Gasteiger partial charge in [-0.3, -0.25) is 0 Å². The molecule has 0 saturated carbocycles. The summed E-state index contributed by atoms with van der Waals surface area (Å²) in [6.45, 7) is 3.23. The first-order valence-electron chi connectivity index (χ1n) is 6.25. The Hall–Kier alpha value is -2.36. The molecule has 3 N–H and O–H groups in total. The van der Waals surface area contributed by atoms with Crippen LogP contribution in [0.25, 0.3) is 0 Å². The monoisotopic (exact) mass is 256 g/mol. The third kappa shape index (κ3) is 2.42. The van der Waals surface area contributed by atoms with E-state index in [4.69, 9.17) is 15.2 Å². The normalized spacial score (nSPS) is 13.1. The number of nitrogens with two attached hydrogens (primary N) is 1. The van der Waals surface area contributed by atoms with Crippen LogP contribution < -0.4 is 20.5 Å². The van der Waals surface area contributed by atoms with Gasteiger partial charge in [-0.1, -0.05) is 0 Å². The highest BCUT2D eigenvalue weighted by atomic mass is 16.6. The summed E-state index contributed by atoms with van der Waals surface area (Å²) < 4.78 is 11.1. The minimum atomic E-state index is 0.595. The van der Waals surface area contributed by atoms with Crippen LogP contribution in [0.5, 0.6) is 11.5 Å². The standard InChI is InChI=1S/C15H16N2O2/c1-10-8-11(16)2-4-13(10)17-12-3-5-14-15(9-12)19-7-6-18-14/h2-5,8-9,17H,6-7,16H2,1H3. The maximum absolute atomic E-state index is 5.75. The van der Waals surface area contributed by atoms with E-state index in [-0.39, 0.29) is 0 Å². The summed E-state index contributed by atoms with van der Waals surface area (Å²) in [5, 5.41) is 3.36. The molecule has 0 fully saturated rings. The number of benzene rings is 2. The van der Waals surface area contributed by atoms with Gasteiger partial charge in [-0.05, 0) is 42.8 Å². The molecule has 4 nitrogen and oxygen atoms in total. The first-order chi connectivity index (χ1) is 9.22. The number of aryl methyl sites for hydroxylation is 1. The zero-order chi connectivity index (χ0) is 13.2. The van der Waals surface area contributed by atoms with Gasteiger partial charge in [0, 0.05) is 23.1 Å². The number of fused-ring (bicyclic) bond motifs is 1. The number of ether oxygens (including phenoxy) is 2. The maximum Gasteiger partial charge on any atom is 0.163 e. The molecule has 19 heavy (non-hydrogen) atoms. The average molecular weight is 256 g/mol. The first kappa shape index (κ1) is 11.7. The van der Waals surface area contributed by atoms with E-state index in [1.165, 1.54) is 0 Å². The van der Waals surface area contributed by atoms with E-state index in [0.717, 1.165) is 34.1 Å². The summed E-state index contributed by atoms with van der Waals surface area (Å²) in [5.41, 5.74) is 9.63. The molecule has 0 aliphatic carbocycles. The Bertz CT molecular complexity index is 611. The molecule has 1 heterocycles. The molecular formula is C15H16N2O2. The number of nitrogens with one attached hydrogen (secondary N) is 1. The third-order valence-electron chi connectivity index (χ3n) is 3.07. The van der Waals surface area contributed by atoms with Crippen molar-refractivity contribution in [3.63, 3.8) is 0 Å². The lowest BCUT2D eigenvalue weighted by molar-refractivity contribution is 0.171. The van der Waals surface area contributed by atoms with Crippen molar-refractivity contribution < 1.29 is 9.47 Å². The van der Waals surface area contributed by atoms with Crippen LogP contribution in [0.2, 0.25) is 0 Å². The Balaban J connectivity index is 1.87. The van der Waals surface area contributed by atoms with Crippen molar-refractivity contribution in [2.75, 3.05) is 24.3 Å². The maximum atomic E-state index is 5.75. The molecule has 0 saturated heterocycles. The lowest BCUT2D eigenvalue weighted by atomic mass is 10.1. The Morgan fingerprint density at radius 2 is 1.79 bits per heavy atom. The van der Waals surface area contributed by atoms with Crippen molar-refractivity contribution in [3.05, 3.63) is 42.0 Å². The highest BCUT2D eigenvalue weighted by Crippen LogP contribution is 2.34. The molecular weight excluding hydrogens is 240 g/mol. The predicted octanol–water partition coefficient (Wildman–Crippen LogP) is 3.09. The van der Waals surface area contributed by atoms with Crippen LogP contribution in [-0.2, 0) is 0 Å². The Labute approximate surface area is 112 Å². The molecule has 0 bridgehead atoms. The van der Waals surface area contributed by atoms with Crippen LogP contribution in [0.15, 0.2) is 36.4 Å². The van der Waals surface area contributed by atoms with Crippen LogP contribution in [0.3, 0.4) is 0 Å². The van der Waals surface area contributed by atoms with Crippen molar-refractivity contribution in [2.45, 2.75) is 6.92 Å². The summed E-state index contributed by atoms with van der Waals surface area (Å²) in [6.07, 6.45) is 0. The molecule has 2 aromatic carbocycles. The lowest BCUT2D eigenvalue weighted by Crippen LogP contribution is -2.15. The van der Waals surface area contributed by atoms with Gasteiger partial charge in [0.05, 0.1) is 0 Å². The smallest absolute Gasteiger partial charge is 0.163 e.